The topological polar surface area (TPSA) is 65.1 Å². The van der Waals surface area contributed by atoms with E-state index in [9.17, 15) is 9.59 Å². The minimum Gasteiger partial charge on any atom is -0.467 e. The molecule has 1 saturated heterocycles. The monoisotopic (exact) mass is 259 g/mol. The Morgan fingerprint density at radius 3 is 2.44 bits per heavy atom. The zero-order chi connectivity index (χ0) is 13.9. The number of hydrogen-bond acceptors (Lipinski definition) is 5. The molecule has 1 amide bonds. The summed E-state index contributed by atoms with van der Waals surface area (Å²) in [4.78, 5) is 25.1. The second kappa shape index (κ2) is 5.56. The molecule has 1 heterocycles. The van der Waals surface area contributed by atoms with E-state index in [1.54, 1.807) is 27.7 Å². The number of nitrogens with zero attached hydrogens (tertiary/aromatic N) is 1. The number of ether oxygens (including phenoxy) is 3. The van der Waals surface area contributed by atoms with Crippen molar-refractivity contribution in [3.63, 3.8) is 0 Å². The van der Waals surface area contributed by atoms with Gasteiger partial charge in [0.15, 0.2) is 6.04 Å². The second-order valence-corrected chi connectivity index (χ2v) is 5.22. The van der Waals surface area contributed by atoms with Gasteiger partial charge in [0, 0.05) is 6.54 Å². The Labute approximate surface area is 107 Å². The summed E-state index contributed by atoms with van der Waals surface area (Å²) in [6, 6.07) is -0.751. The highest BCUT2D eigenvalue weighted by molar-refractivity contribution is 5.82. The van der Waals surface area contributed by atoms with Gasteiger partial charge in [0.05, 0.1) is 19.8 Å². The van der Waals surface area contributed by atoms with Gasteiger partial charge in [-0.15, -0.1) is 0 Å². The van der Waals surface area contributed by atoms with E-state index in [2.05, 4.69) is 0 Å². The van der Waals surface area contributed by atoms with Crippen molar-refractivity contribution in [3.05, 3.63) is 0 Å². The van der Waals surface area contributed by atoms with Crippen molar-refractivity contribution in [2.24, 2.45) is 0 Å². The summed E-state index contributed by atoms with van der Waals surface area (Å²) >= 11 is 0. The van der Waals surface area contributed by atoms with Crippen LogP contribution in [0.2, 0.25) is 0 Å². The predicted molar refractivity (Wildman–Crippen MR) is 64.2 cm³/mol. The van der Waals surface area contributed by atoms with Crippen LogP contribution in [0.1, 0.15) is 27.7 Å². The molecule has 1 aliphatic rings. The summed E-state index contributed by atoms with van der Waals surface area (Å²) in [5, 5.41) is 0. The molecule has 6 nitrogen and oxygen atoms in total. The first kappa shape index (κ1) is 14.8. The molecule has 0 bridgehead atoms. The smallest absolute Gasteiger partial charge is 0.411 e. The van der Waals surface area contributed by atoms with Crippen molar-refractivity contribution < 1.29 is 23.8 Å². The zero-order valence-electron chi connectivity index (χ0n) is 11.6. The third-order valence-corrected chi connectivity index (χ3v) is 2.56. The number of carbonyl (C=O) groups excluding carboxylic acids is 2. The molecule has 18 heavy (non-hydrogen) atoms. The molecule has 0 aromatic carbocycles. The summed E-state index contributed by atoms with van der Waals surface area (Å²) in [5.41, 5.74) is -0.598. The highest BCUT2D eigenvalue weighted by Crippen LogP contribution is 2.19. The maximum atomic E-state index is 12.0. The Kier molecular flexibility index (Phi) is 4.56. The van der Waals surface area contributed by atoms with E-state index < -0.39 is 29.8 Å². The van der Waals surface area contributed by atoms with Crippen molar-refractivity contribution in [2.45, 2.75) is 45.4 Å². The molecular weight excluding hydrogens is 238 g/mol. The number of rotatable bonds is 1. The molecular formula is C12H21NO5. The molecule has 0 aromatic heterocycles. The molecule has 1 aliphatic heterocycles. The summed E-state index contributed by atoms with van der Waals surface area (Å²) in [7, 11) is 1.29. The van der Waals surface area contributed by atoms with Crippen LogP contribution < -0.4 is 0 Å². The lowest BCUT2D eigenvalue weighted by Gasteiger charge is -2.38. The van der Waals surface area contributed by atoms with Crippen molar-refractivity contribution >= 4 is 12.1 Å². The number of methoxy groups -OCH3 is 1. The van der Waals surface area contributed by atoms with Gasteiger partial charge in [-0.25, -0.2) is 9.59 Å². The first-order chi connectivity index (χ1) is 8.26. The minimum absolute atomic E-state index is 0.318. The van der Waals surface area contributed by atoms with Crippen LogP contribution in [0.4, 0.5) is 4.79 Å². The van der Waals surface area contributed by atoms with Gasteiger partial charge in [-0.05, 0) is 27.7 Å². The third-order valence-electron chi connectivity index (χ3n) is 2.56. The van der Waals surface area contributed by atoms with Gasteiger partial charge >= 0.3 is 12.1 Å². The van der Waals surface area contributed by atoms with Crippen LogP contribution >= 0.6 is 0 Å². The van der Waals surface area contributed by atoms with Crippen molar-refractivity contribution in [2.75, 3.05) is 20.3 Å². The van der Waals surface area contributed by atoms with Gasteiger partial charge in [-0.3, -0.25) is 4.90 Å². The van der Waals surface area contributed by atoms with Crippen LogP contribution in [0.5, 0.6) is 0 Å². The Balaban J connectivity index is 2.82. The Morgan fingerprint density at radius 2 is 1.94 bits per heavy atom. The lowest BCUT2D eigenvalue weighted by Crippen LogP contribution is -2.57. The van der Waals surface area contributed by atoms with Crippen LogP contribution in [-0.2, 0) is 19.0 Å². The number of amides is 1. The quantitative estimate of drug-likeness (QED) is 0.662. The molecule has 1 fully saturated rings. The van der Waals surface area contributed by atoms with Crippen LogP contribution in [-0.4, -0.2) is 55.0 Å². The van der Waals surface area contributed by atoms with E-state index in [0.717, 1.165) is 0 Å². The van der Waals surface area contributed by atoms with Gasteiger partial charge in [0.2, 0.25) is 0 Å². The van der Waals surface area contributed by atoms with Crippen LogP contribution in [0, 0.1) is 0 Å². The van der Waals surface area contributed by atoms with Gasteiger partial charge in [0.1, 0.15) is 5.60 Å². The van der Waals surface area contributed by atoms with E-state index in [-0.39, 0.29) is 0 Å². The van der Waals surface area contributed by atoms with Crippen molar-refractivity contribution in [3.8, 4) is 0 Å². The molecule has 6 heteroatoms. The zero-order valence-corrected chi connectivity index (χ0v) is 11.6. The molecule has 0 N–H and O–H groups in total. The Bertz CT molecular complexity index is 323. The molecule has 0 aromatic rings. The Morgan fingerprint density at radius 1 is 1.33 bits per heavy atom. The fraction of sp³-hybridized carbons (Fsp3) is 0.833. The highest BCUT2D eigenvalue weighted by atomic mass is 16.6. The average Bonchev–Trinajstić information content (AvgIpc) is 2.25. The molecule has 0 spiro atoms. The number of hydrogen-bond donors (Lipinski definition) is 0. The van der Waals surface area contributed by atoms with Gasteiger partial charge in [-0.2, -0.15) is 0 Å². The summed E-state index contributed by atoms with van der Waals surface area (Å²) in [5.74, 6) is -0.493. The lowest BCUT2D eigenvalue weighted by molar-refractivity contribution is -0.158. The first-order valence-corrected chi connectivity index (χ1v) is 5.95. The van der Waals surface area contributed by atoms with E-state index in [1.165, 1.54) is 12.0 Å². The highest BCUT2D eigenvalue weighted by Gasteiger charge is 2.40. The summed E-state index contributed by atoms with van der Waals surface area (Å²) in [6.45, 7) is 7.77. The normalized spacial score (nSPS) is 24.6. The molecule has 1 rings (SSSR count). The fourth-order valence-electron chi connectivity index (χ4n) is 1.79. The largest absolute Gasteiger partial charge is 0.467 e. The van der Waals surface area contributed by atoms with E-state index in [4.69, 9.17) is 14.2 Å². The predicted octanol–water partition coefficient (Wildman–Crippen LogP) is 1.18. The fourth-order valence-corrected chi connectivity index (χ4v) is 1.79. The van der Waals surface area contributed by atoms with Crippen LogP contribution in [0.15, 0.2) is 0 Å². The number of esters is 1. The summed E-state index contributed by atoms with van der Waals surface area (Å²) in [6.07, 6.45) is -0.924. The SMILES string of the molecule is COC(=O)[C@@H]1[C@@H](C)OCCN1C(=O)OC(C)(C)C. The minimum atomic E-state index is -0.751. The maximum Gasteiger partial charge on any atom is 0.411 e. The van der Waals surface area contributed by atoms with Crippen LogP contribution in [0.25, 0.3) is 0 Å². The Hall–Kier alpha value is -1.30. The second-order valence-electron chi connectivity index (χ2n) is 5.22. The summed E-state index contributed by atoms with van der Waals surface area (Å²) < 4.78 is 15.3. The van der Waals surface area contributed by atoms with E-state index in [1.807, 2.05) is 0 Å². The molecule has 0 saturated carbocycles. The van der Waals surface area contributed by atoms with Crippen molar-refractivity contribution in [1.29, 1.82) is 0 Å². The number of morpholine rings is 1. The van der Waals surface area contributed by atoms with Gasteiger partial charge in [-0.1, -0.05) is 0 Å². The van der Waals surface area contributed by atoms with E-state index in [0.29, 0.717) is 13.2 Å². The molecule has 2 atom stereocenters. The van der Waals surface area contributed by atoms with Crippen molar-refractivity contribution in [1.82, 2.24) is 4.90 Å². The average molecular weight is 259 g/mol. The molecule has 104 valence electrons. The maximum absolute atomic E-state index is 12.0. The van der Waals surface area contributed by atoms with Gasteiger partial charge in [0.25, 0.3) is 0 Å². The molecule has 0 unspecified atom stereocenters. The first-order valence-electron chi connectivity index (χ1n) is 5.95. The van der Waals surface area contributed by atoms with Gasteiger partial charge < -0.3 is 14.2 Å². The molecule has 0 aliphatic carbocycles. The molecule has 0 radical (unpaired) electrons. The van der Waals surface area contributed by atoms with Crippen LogP contribution in [0.3, 0.4) is 0 Å². The van der Waals surface area contributed by atoms with E-state index >= 15 is 0 Å². The number of carbonyl (C=O) groups is 2. The lowest BCUT2D eigenvalue weighted by atomic mass is 10.1. The standard InChI is InChI=1S/C12H21NO5/c1-8-9(10(14)16-5)13(6-7-17-8)11(15)18-12(2,3)4/h8-9H,6-7H2,1-5H3/t8-,9+/m1/s1. The third kappa shape index (κ3) is 3.60.